The number of amides is 3. The molecule has 8 heteroatoms. The van der Waals surface area contributed by atoms with E-state index in [4.69, 9.17) is 16.3 Å². The summed E-state index contributed by atoms with van der Waals surface area (Å²) in [6.45, 7) is 1.96. The first-order valence-corrected chi connectivity index (χ1v) is 11.6. The fourth-order valence-corrected chi connectivity index (χ4v) is 4.90. The van der Waals surface area contributed by atoms with Crippen LogP contribution in [0.2, 0.25) is 5.02 Å². The Hall–Kier alpha value is -3.06. The molecule has 2 aromatic carbocycles. The summed E-state index contributed by atoms with van der Waals surface area (Å²) < 4.78 is 5.29. The van der Waals surface area contributed by atoms with E-state index in [2.05, 4.69) is 10.6 Å². The number of nitrogens with zero attached hydrogens (tertiary/aromatic N) is 1. The van der Waals surface area contributed by atoms with Crippen molar-refractivity contribution in [3.8, 4) is 5.75 Å². The molecule has 2 fully saturated rings. The van der Waals surface area contributed by atoms with Gasteiger partial charge in [0.05, 0.1) is 25.3 Å². The lowest BCUT2D eigenvalue weighted by atomic mass is 9.84. The molecule has 7 nitrogen and oxygen atoms in total. The van der Waals surface area contributed by atoms with Gasteiger partial charge in [0.2, 0.25) is 11.8 Å². The Morgan fingerprint density at radius 1 is 1.15 bits per heavy atom. The van der Waals surface area contributed by atoms with Crippen molar-refractivity contribution >= 4 is 35.0 Å². The number of piperazine rings is 1. The van der Waals surface area contributed by atoms with E-state index in [-0.39, 0.29) is 30.3 Å². The number of anilines is 1. The number of rotatable bonds is 5. The Labute approximate surface area is 198 Å². The lowest BCUT2D eigenvalue weighted by Crippen LogP contribution is -2.68. The summed E-state index contributed by atoms with van der Waals surface area (Å²) in [5.74, 6) is -0.459. The molecule has 3 amide bonds. The van der Waals surface area contributed by atoms with Gasteiger partial charge in [0.1, 0.15) is 11.8 Å². The predicted octanol–water partition coefficient (Wildman–Crippen LogP) is 3.94. The average molecular weight is 470 g/mol. The van der Waals surface area contributed by atoms with Crippen molar-refractivity contribution < 1.29 is 19.1 Å². The first kappa shape index (κ1) is 23.1. The number of carbonyl (C=O) groups excluding carboxylic acids is 3. The number of methoxy groups -OCH3 is 1. The molecule has 1 saturated carbocycles. The van der Waals surface area contributed by atoms with E-state index >= 15 is 0 Å². The number of ether oxygens (including phenoxy) is 1. The van der Waals surface area contributed by atoms with Crippen molar-refractivity contribution in [2.75, 3.05) is 12.4 Å². The molecule has 2 aromatic rings. The Bertz CT molecular complexity index is 1060. The minimum absolute atomic E-state index is 0.0898. The van der Waals surface area contributed by atoms with Crippen molar-refractivity contribution in [3.05, 3.63) is 58.6 Å². The zero-order valence-corrected chi connectivity index (χ0v) is 19.5. The third-order valence-corrected chi connectivity index (χ3v) is 6.64. The Morgan fingerprint density at radius 2 is 1.88 bits per heavy atom. The lowest BCUT2D eigenvalue weighted by molar-refractivity contribution is -0.135. The highest BCUT2D eigenvalue weighted by Crippen LogP contribution is 2.32. The SMILES string of the molecule is COc1ccc(Cl)cc1NC(=O)C[C@H]1C(=O)N[C@H]2CCCC[C@H]2N1C(=O)c1ccc(C)cc1. The standard InChI is InChI=1S/C25H28ClN3O4/c1-15-7-9-16(10-8-15)25(32)29-20-6-4-3-5-18(20)28-24(31)21(29)14-23(30)27-19-13-17(26)11-12-22(19)33-2/h7-13,18,20-21H,3-6,14H2,1-2H3,(H,27,30)(H,28,31)/t18-,20+,21-/m0/s1. The molecule has 1 heterocycles. The third-order valence-electron chi connectivity index (χ3n) is 6.40. The molecule has 1 saturated heterocycles. The smallest absolute Gasteiger partial charge is 0.254 e. The number of aryl methyl sites for hydroxylation is 1. The molecule has 2 N–H and O–H groups in total. The van der Waals surface area contributed by atoms with E-state index in [0.29, 0.717) is 22.0 Å². The maximum absolute atomic E-state index is 13.6. The van der Waals surface area contributed by atoms with E-state index in [0.717, 1.165) is 31.2 Å². The van der Waals surface area contributed by atoms with Crippen LogP contribution in [-0.2, 0) is 9.59 Å². The van der Waals surface area contributed by atoms with Crippen LogP contribution >= 0.6 is 11.6 Å². The van der Waals surface area contributed by atoms with E-state index in [1.165, 1.54) is 7.11 Å². The van der Waals surface area contributed by atoms with Crippen LogP contribution in [0.4, 0.5) is 5.69 Å². The van der Waals surface area contributed by atoms with Gasteiger partial charge < -0.3 is 20.3 Å². The molecule has 1 aliphatic carbocycles. The summed E-state index contributed by atoms with van der Waals surface area (Å²) in [5, 5.41) is 6.29. The fraction of sp³-hybridized carbons (Fsp3) is 0.400. The van der Waals surface area contributed by atoms with E-state index in [1.54, 1.807) is 35.2 Å². The molecule has 4 rings (SSSR count). The van der Waals surface area contributed by atoms with Gasteiger partial charge in [-0.15, -0.1) is 0 Å². The molecular formula is C25H28ClN3O4. The van der Waals surface area contributed by atoms with Crippen LogP contribution in [-0.4, -0.2) is 47.9 Å². The minimum Gasteiger partial charge on any atom is -0.495 e. The Morgan fingerprint density at radius 3 is 2.61 bits per heavy atom. The number of nitrogens with one attached hydrogen (secondary N) is 2. The van der Waals surface area contributed by atoms with Crippen LogP contribution in [0, 0.1) is 6.92 Å². The maximum Gasteiger partial charge on any atom is 0.254 e. The largest absolute Gasteiger partial charge is 0.495 e. The number of fused-ring (bicyclic) bond motifs is 1. The Kier molecular flexibility index (Phi) is 6.88. The average Bonchev–Trinajstić information content (AvgIpc) is 2.80. The molecule has 2 aliphatic rings. The van der Waals surface area contributed by atoms with Gasteiger partial charge in [0, 0.05) is 16.6 Å². The van der Waals surface area contributed by atoms with Gasteiger partial charge in [-0.05, 0) is 50.1 Å². The van der Waals surface area contributed by atoms with Crippen molar-refractivity contribution in [2.45, 2.75) is 57.2 Å². The minimum atomic E-state index is -0.900. The molecule has 0 bridgehead atoms. The van der Waals surface area contributed by atoms with Crippen LogP contribution < -0.4 is 15.4 Å². The molecule has 0 unspecified atom stereocenters. The van der Waals surface area contributed by atoms with E-state index in [1.807, 2.05) is 19.1 Å². The molecule has 0 spiro atoms. The second-order valence-corrected chi connectivity index (χ2v) is 9.09. The van der Waals surface area contributed by atoms with Crippen molar-refractivity contribution in [3.63, 3.8) is 0 Å². The number of hydrogen-bond acceptors (Lipinski definition) is 4. The van der Waals surface area contributed by atoms with Gasteiger partial charge in [-0.3, -0.25) is 14.4 Å². The highest BCUT2D eigenvalue weighted by atomic mass is 35.5. The molecule has 33 heavy (non-hydrogen) atoms. The molecule has 0 aromatic heterocycles. The van der Waals surface area contributed by atoms with Gasteiger partial charge in [0.25, 0.3) is 5.91 Å². The summed E-state index contributed by atoms with van der Waals surface area (Å²) in [7, 11) is 1.50. The van der Waals surface area contributed by atoms with Gasteiger partial charge >= 0.3 is 0 Å². The fourth-order valence-electron chi connectivity index (χ4n) is 4.73. The van der Waals surface area contributed by atoms with Gasteiger partial charge in [-0.2, -0.15) is 0 Å². The quantitative estimate of drug-likeness (QED) is 0.694. The van der Waals surface area contributed by atoms with Gasteiger partial charge in [-0.25, -0.2) is 0 Å². The predicted molar refractivity (Wildman–Crippen MR) is 127 cm³/mol. The molecule has 174 valence electrons. The molecule has 0 radical (unpaired) electrons. The second kappa shape index (κ2) is 9.83. The highest BCUT2D eigenvalue weighted by molar-refractivity contribution is 6.31. The van der Waals surface area contributed by atoms with Gasteiger partial charge in [0.15, 0.2) is 0 Å². The molecule has 3 atom stereocenters. The third kappa shape index (κ3) is 4.98. The number of halogens is 1. The zero-order valence-electron chi connectivity index (χ0n) is 18.8. The van der Waals surface area contributed by atoms with Crippen LogP contribution in [0.1, 0.15) is 48.0 Å². The summed E-state index contributed by atoms with van der Waals surface area (Å²) in [6, 6.07) is 11.1. The zero-order chi connectivity index (χ0) is 23.5. The maximum atomic E-state index is 13.6. The number of hydrogen-bond donors (Lipinski definition) is 2. The summed E-state index contributed by atoms with van der Waals surface area (Å²) in [6.07, 6.45) is 3.44. The van der Waals surface area contributed by atoms with Crippen LogP contribution in [0.25, 0.3) is 0 Å². The first-order valence-electron chi connectivity index (χ1n) is 11.2. The molecular weight excluding hydrogens is 442 g/mol. The number of benzene rings is 2. The number of carbonyl (C=O) groups is 3. The monoisotopic (exact) mass is 469 g/mol. The summed E-state index contributed by atoms with van der Waals surface area (Å²) >= 11 is 6.07. The first-order chi connectivity index (χ1) is 15.9. The van der Waals surface area contributed by atoms with Crippen LogP contribution in [0.15, 0.2) is 42.5 Å². The summed E-state index contributed by atoms with van der Waals surface area (Å²) in [4.78, 5) is 41.3. The topological polar surface area (TPSA) is 87.7 Å². The molecule has 1 aliphatic heterocycles. The summed E-state index contributed by atoms with van der Waals surface area (Å²) in [5.41, 5.74) is 1.98. The normalized spacial score (nSPS) is 22.2. The van der Waals surface area contributed by atoms with Crippen LogP contribution in [0.5, 0.6) is 5.75 Å². The van der Waals surface area contributed by atoms with Crippen molar-refractivity contribution in [1.82, 2.24) is 10.2 Å². The lowest BCUT2D eigenvalue weighted by Gasteiger charge is -2.48. The van der Waals surface area contributed by atoms with Crippen molar-refractivity contribution in [1.29, 1.82) is 0 Å². The van der Waals surface area contributed by atoms with Crippen molar-refractivity contribution in [2.24, 2.45) is 0 Å². The van der Waals surface area contributed by atoms with E-state index < -0.39 is 11.9 Å². The second-order valence-electron chi connectivity index (χ2n) is 8.66. The van der Waals surface area contributed by atoms with E-state index in [9.17, 15) is 14.4 Å². The Balaban J connectivity index is 1.60. The van der Waals surface area contributed by atoms with Crippen LogP contribution in [0.3, 0.4) is 0 Å². The highest BCUT2D eigenvalue weighted by Gasteiger charge is 2.46. The van der Waals surface area contributed by atoms with Gasteiger partial charge in [-0.1, -0.05) is 42.1 Å².